The van der Waals surface area contributed by atoms with E-state index in [0.717, 1.165) is 26.2 Å². The van der Waals surface area contributed by atoms with Crippen molar-refractivity contribution in [3.63, 3.8) is 0 Å². The van der Waals surface area contributed by atoms with Gasteiger partial charge in [0.1, 0.15) is 5.75 Å². The number of amides is 1. The van der Waals surface area contributed by atoms with Gasteiger partial charge in [-0.15, -0.1) is 0 Å². The predicted molar refractivity (Wildman–Crippen MR) is 72.0 cm³/mol. The van der Waals surface area contributed by atoms with Crippen LogP contribution < -0.4 is 4.74 Å². The van der Waals surface area contributed by atoms with Crippen LogP contribution in [0.3, 0.4) is 0 Å². The molecule has 0 spiro atoms. The molecule has 1 saturated heterocycles. The molecule has 3 nitrogen and oxygen atoms in total. The zero-order valence-electron chi connectivity index (χ0n) is 11.8. The highest BCUT2D eigenvalue weighted by atomic mass is 19.4. The van der Waals surface area contributed by atoms with Crippen LogP contribution in [0.4, 0.5) is 13.2 Å². The molecule has 1 fully saturated rings. The fourth-order valence-corrected chi connectivity index (χ4v) is 2.35. The topological polar surface area (TPSA) is 29.5 Å². The van der Waals surface area contributed by atoms with Gasteiger partial charge in [0, 0.05) is 13.1 Å². The summed E-state index contributed by atoms with van der Waals surface area (Å²) in [6.45, 7) is 1.50. The Hall–Kier alpha value is -1.72. The second-order valence-corrected chi connectivity index (χ2v) is 5.30. The van der Waals surface area contributed by atoms with Gasteiger partial charge >= 0.3 is 6.18 Å². The lowest BCUT2D eigenvalue weighted by Gasteiger charge is -2.37. The molecule has 2 rings (SSSR count). The fourth-order valence-electron chi connectivity index (χ4n) is 2.35. The molecule has 1 atom stereocenters. The van der Waals surface area contributed by atoms with Crippen LogP contribution in [0.2, 0.25) is 0 Å². The quantitative estimate of drug-likeness (QED) is 0.856. The second kappa shape index (κ2) is 5.95. The molecule has 0 N–H and O–H groups in total. The number of hydrogen-bond donors (Lipinski definition) is 0. The molecule has 1 aliphatic rings. The molecule has 0 bridgehead atoms. The summed E-state index contributed by atoms with van der Waals surface area (Å²) in [7, 11) is 0. The Bertz CT molecular complexity index is 483. The van der Waals surface area contributed by atoms with Crippen molar-refractivity contribution >= 4 is 5.91 Å². The van der Waals surface area contributed by atoms with E-state index in [-0.39, 0.29) is 5.75 Å². The molecular formula is C15H18F3NO2. The van der Waals surface area contributed by atoms with Crippen LogP contribution in [0.5, 0.6) is 5.75 Å². The lowest BCUT2D eigenvalue weighted by Crippen LogP contribution is -2.60. The first kappa shape index (κ1) is 15.7. The van der Waals surface area contributed by atoms with Gasteiger partial charge in [-0.1, -0.05) is 18.2 Å². The number of likely N-dealkylation sites (tertiary alicyclic amines) is 1. The third-order valence-electron chi connectivity index (χ3n) is 3.66. The Balaban J connectivity index is 2.26. The highest BCUT2D eigenvalue weighted by Crippen LogP contribution is 2.36. The number of ether oxygens (including phenoxy) is 1. The van der Waals surface area contributed by atoms with E-state index in [4.69, 9.17) is 4.74 Å². The number of para-hydroxylation sites is 1. The van der Waals surface area contributed by atoms with E-state index in [1.807, 2.05) is 0 Å². The molecule has 21 heavy (non-hydrogen) atoms. The number of alkyl halides is 3. The molecule has 1 aliphatic heterocycles. The summed E-state index contributed by atoms with van der Waals surface area (Å²) < 4.78 is 45.3. The first-order valence-corrected chi connectivity index (χ1v) is 6.95. The summed E-state index contributed by atoms with van der Waals surface area (Å²) in [4.78, 5) is 13.6. The lowest BCUT2D eigenvalue weighted by molar-refractivity contribution is -0.241. The van der Waals surface area contributed by atoms with Gasteiger partial charge in [0.25, 0.3) is 11.5 Å². The van der Waals surface area contributed by atoms with E-state index in [9.17, 15) is 18.0 Å². The van der Waals surface area contributed by atoms with Crippen molar-refractivity contribution in [3.05, 3.63) is 30.3 Å². The van der Waals surface area contributed by atoms with Crippen LogP contribution in [0.1, 0.15) is 26.2 Å². The maximum absolute atomic E-state index is 13.4. The van der Waals surface area contributed by atoms with E-state index < -0.39 is 17.7 Å². The van der Waals surface area contributed by atoms with Crippen molar-refractivity contribution in [1.82, 2.24) is 4.90 Å². The van der Waals surface area contributed by atoms with Gasteiger partial charge in [-0.2, -0.15) is 13.2 Å². The number of hydrogen-bond acceptors (Lipinski definition) is 2. The van der Waals surface area contributed by atoms with Crippen molar-refractivity contribution in [2.24, 2.45) is 0 Å². The third kappa shape index (κ3) is 3.31. The monoisotopic (exact) mass is 301 g/mol. The Kier molecular flexibility index (Phi) is 4.44. The zero-order chi connectivity index (χ0) is 15.5. The Morgan fingerprint density at radius 2 is 1.67 bits per heavy atom. The number of halogens is 3. The van der Waals surface area contributed by atoms with Crippen molar-refractivity contribution in [2.45, 2.75) is 38.0 Å². The van der Waals surface area contributed by atoms with Gasteiger partial charge in [0.05, 0.1) is 0 Å². The molecule has 0 aromatic heterocycles. The molecule has 0 radical (unpaired) electrons. The molecule has 0 saturated carbocycles. The van der Waals surface area contributed by atoms with E-state index in [2.05, 4.69) is 0 Å². The summed E-state index contributed by atoms with van der Waals surface area (Å²) in [5.41, 5.74) is -2.86. The van der Waals surface area contributed by atoms with Gasteiger partial charge < -0.3 is 9.64 Å². The minimum Gasteiger partial charge on any atom is -0.468 e. The summed E-state index contributed by atoms with van der Waals surface area (Å²) in [5.74, 6) is -0.985. The number of nitrogens with zero attached hydrogens (tertiary/aromatic N) is 1. The Morgan fingerprint density at radius 3 is 2.19 bits per heavy atom. The lowest BCUT2D eigenvalue weighted by atomic mass is 10.0. The number of carbonyl (C=O) groups is 1. The van der Waals surface area contributed by atoms with Crippen molar-refractivity contribution in [1.29, 1.82) is 0 Å². The SMILES string of the molecule is CC(Oc1ccccc1)(C(=O)N1CCCCC1)C(F)(F)F. The van der Waals surface area contributed by atoms with Crippen LogP contribution in [-0.4, -0.2) is 35.7 Å². The number of piperidine rings is 1. The van der Waals surface area contributed by atoms with Crippen LogP contribution >= 0.6 is 0 Å². The molecule has 0 aliphatic carbocycles. The first-order chi connectivity index (χ1) is 9.84. The van der Waals surface area contributed by atoms with Gasteiger partial charge in [-0.3, -0.25) is 4.79 Å². The van der Waals surface area contributed by atoms with Crippen LogP contribution in [-0.2, 0) is 4.79 Å². The second-order valence-electron chi connectivity index (χ2n) is 5.30. The minimum atomic E-state index is -4.78. The van der Waals surface area contributed by atoms with Crippen LogP contribution in [0.15, 0.2) is 30.3 Å². The summed E-state index contributed by atoms with van der Waals surface area (Å²) in [5, 5.41) is 0. The number of rotatable bonds is 3. The predicted octanol–water partition coefficient (Wildman–Crippen LogP) is 3.40. The maximum Gasteiger partial charge on any atom is 0.437 e. The molecule has 1 amide bonds. The van der Waals surface area contributed by atoms with Crippen molar-refractivity contribution in [2.75, 3.05) is 13.1 Å². The molecule has 116 valence electrons. The largest absolute Gasteiger partial charge is 0.468 e. The van der Waals surface area contributed by atoms with Gasteiger partial charge in [0.2, 0.25) is 0 Å². The normalized spacial score (nSPS) is 19.0. The summed E-state index contributed by atoms with van der Waals surface area (Å²) in [6, 6.07) is 7.63. The average molecular weight is 301 g/mol. The third-order valence-corrected chi connectivity index (χ3v) is 3.66. The Labute approximate surface area is 121 Å². The maximum atomic E-state index is 13.4. The summed E-state index contributed by atoms with van der Waals surface area (Å²) in [6.07, 6.45) is -2.39. The molecule has 1 aromatic carbocycles. The van der Waals surface area contributed by atoms with Crippen LogP contribution in [0, 0.1) is 0 Å². The summed E-state index contributed by atoms with van der Waals surface area (Å²) >= 11 is 0. The van der Waals surface area contributed by atoms with Crippen molar-refractivity contribution in [3.8, 4) is 5.75 Å². The smallest absolute Gasteiger partial charge is 0.437 e. The molecule has 1 unspecified atom stereocenters. The average Bonchev–Trinajstić information content (AvgIpc) is 2.47. The molecule has 1 heterocycles. The Morgan fingerprint density at radius 1 is 1.10 bits per heavy atom. The highest BCUT2D eigenvalue weighted by molar-refractivity contribution is 5.86. The standard InChI is InChI=1S/C15H18F3NO2/c1-14(15(16,17)18,21-12-8-4-2-5-9-12)13(20)19-10-6-3-7-11-19/h2,4-5,8-9H,3,6-7,10-11H2,1H3. The van der Waals surface area contributed by atoms with Crippen LogP contribution in [0.25, 0.3) is 0 Å². The van der Waals surface area contributed by atoms with Gasteiger partial charge in [-0.05, 0) is 38.3 Å². The van der Waals surface area contributed by atoms with E-state index in [1.54, 1.807) is 18.2 Å². The molecule has 6 heteroatoms. The fraction of sp³-hybridized carbons (Fsp3) is 0.533. The highest BCUT2D eigenvalue weighted by Gasteiger charge is 2.60. The van der Waals surface area contributed by atoms with E-state index in [0.29, 0.717) is 13.1 Å². The van der Waals surface area contributed by atoms with E-state index in [1.165, 1.54) is 17.0 Å². The van der Waals surface area contributed by atoms with Gasteiger partial charge in [0.15, 0.2) is 0 Å². The van der Waals surface area contributed by atoms with Gasteiger partial charge in [-0.25, -0.2) is 0 Å². The molecular weight excluding hydrogens is 283 g/mol. The number of carbonyl (C=O) groups excluding carboxylic acids is 1. The number of benzene rings is 1. The molecule has 1 aromatic rings. The van der Waals surface area contributed by atoms with Crippen molar-refractivity contribution < 1.29 is 22.7 Å². The zero-order valence-corrected chi connectivity index (χ0v) is 11.8. The van der Waals surface area contributed by atoms with E-state index >= 15 is 0 Å². The minimum absolute atomic E-state index is 0.0303. The first-order valence-electron chi connectivity index (χ1n) is 6.95.